The Balaban J connectivity index is 1.38. The van der Waals surface area contributed by atoms with E-state index in [0.717, 1.165) is 66.9 Å². The third kappa shape index (κ3) is 3.74. The fourth-order valence-corrected chi connectivity index (χ4v) is 4.69. The first-order chi connectivity index (χ1) is 14.2. The summed E-state index contributed by atoms with van der Waals surface area (Å²) in [7, 11) is 2.11. The number of hydrogen-bond donors (Lipinski definition) is 0. The third-order valence-corrected chi connectivity index (χ3v) is 6.10. The number of benzene rings is 1. The Morgan fingerprint density at radius 1 is 1.07 bits per heavy atom. The lowest BCUT2D eigenvalue weighted by Gasteiger charge is -2.28. The minimum atomic E-state index is 0.235. The van der Waals surface area contributed by atoms with E-state index >= 15 is 0 Å². The first kappa shape index (κ1) is 18.6. The minimum Gasteiger partial charge on any atom is -0.489 e. The standard InChI is InChI=1S/C22H24ClN5O/c1-27-13-16-11-17(23)6-9-20(16)28-21(14-27)25-26-22(28)15-4-7-18(8-5-15)29-19-3-2-10-24-12-19/h2-3,6,9-12,15,18H,4-5,7-8,13-14H2,1H3/t15-,18-. The monoisotopic (exact) mass is 409 g/mol. The number of ether oxygens (including phenoxy) is 1. The van der Waals surface area contributed by atoms with E-state index in [9.17, 15) is 0 Å². The van der Waals surface area contributed by atoms with Crippen LogP contribution in [0.4, 0.5) is 0 Å². The van der Waals surface area contributed by atoms with Gasteiger partial charge in [-0.2, -0.15) is 0 Å². The summed E-state index contributed by atoms with van der Waals surface area (Å²) in [6, 6.07) is 10.00. The lowest BCUT2D eigenvalue weighted by atomic mass is 9.86. The summed E-state index contributed by atoms with van der Waals surface area (Å²) in [6.07, 6.45) is 7.89. The van der Waals surface area contributed by atoms with Crippen molar-refractivity contribution in [3.8, 4) is 11.4 Å². The van der Waals surface area contributed by atoms with Crippen molar-refractivity contribution in [1.82, 2.24) is 24.6 Å². The summed E-state index contributed by atoms with van der Waals surface area (Å²) in [5.74, 6) is 3.30. The molecule has 5 rings (SSSR count). The maximum Gasteiger partial charge on any atom is 0.151 e. The second-order valence-corrected chi connectivity index (χ2v) is 8.47. The Kier molecular flexibility index (Phi) is 4.97. The summed E-state index contributed by atoms with van der Waals surface area (Å²) in [4.78, 5) is 6.39. The van der Waals surface area contributed by atoms with Crippen LogP contribution >= 0.6 is 11.6 Å². The van der Waals surface area contributed by atoms with Gasteiger partial charge in [0.2, 0.25) is 0 Å². The number of halogens is 1. The molecule has 3 aromatic rings. The molecule has 0 atom stereocenters. The van der Waals surface area contributed by atoms with Gasteiger partial charge in [-0.15, -0.1) is 10.2 Å². The highest BCUT2D eigenvalue weighted by atomic mass is 35.5. The lowest BCUT2D eigenvalue weighted by molar-refractivity contribution is 0.144. The maximum absolute atomic E-state index is 6.27. The molecular weight excluding hydrogens is 386 g/mol. The molecule has 0 N–H and O–H groups in total. The van der Waals surface area contributed by atoms with Gasteiger partial charge in [0, 0.05) is 23.7 Å². The van der Waals surface area contributed by atoms with Crippen molar-refractivity contribution in [2.45, 2.75) is 50.8 Å². The van der Waals surface area contributed by atoms with Crippen LogP contribution in [-0.2, 0) is 13.1 Å². The van der Waals surface area contributed by atoms with Gasteiger partial charge >= 0.3 is 0 Å². The molecule has 2 aromatic heterocycles. The van der Waals surface area contributed by atoms with E-state index < -0.39 is 0 Å². The summed E-state index contributed by atoms with van der Waals surface area (Å²) in [5, 5.41) is 9.95. The van der Waals surface area contributed by atoms with Crippen LogP contribution in [0.3, 0.4) is 0 Å². The van der Waals surface area contributed by atoms with Crippen molar-refractivity contribution in [3.05, 3.63) is 65.0 Å². The SMILES string of the molecule is CN1Cc2cc(Cl)ccc2-n2c(nnc2[C@H]2CC[C@H](Oc3cccnc3)CC2)C1. The van der Waals surface area contributed by atoms with E-state index in [1.165, 1.54) is 5.56 Å². The number of pyridine rings is 1. The average Bonchev–Trinajstić information content (AvgIpc) is 3.06. The zero-order valence-corrected chi connectivity index (χ0v) is 17.2. The van der Waals surface area contributed by atoms with Gasteiger partial charge in [-0.3, -0.25) is 14.5 Å². The number of aromatic nitrogens is 4. The lowest BCUT2D eigenvalue weighted by Crippen LogP contribution is -2.25. The topological polar surface area (TPSA) is 56.1 Å². The van der Waals surface area contributed by atoms with E-state index in [-0.39, 0.29) is 6.10 Å². The van der Waals surface area contributed by atoms with Crippen LogP contribution in [0.1, 0.15) is 48.8 Å². The molecule has 0 unspecified atom stereocenters. The van der Waals surface area contributed by atoms with Crippen LogP contribution in [0.5, 0.6) is 5.75 Å². The highest BCUT2D eigenvalue weighted by molar-refractivity contribution is 6.30. The first-order valence-electron chi connectivity index (χ1n) is 10.2. The molecule has 0 spiro atoms. The van der Waals surface area contributed by atoms with Gasteiger partial charge in [-0.05, 0) is 68.6 Å². The van der Waals surface area contributed by atoms with Crippen LogP contribution in [0, 0.1) is 0 Å². The van der Waals surface area contributed by atoms with Gasteiger partial charge in [-0.25, -0.2) is 0 Å². The van der Waals surface area contributed by atoms with Crippen molar-refractivity contribution in [3.63, 3.8) is 0 Å². The van der Waals surface area contributed by atoms with Crippen LogP contribution in [0.25, 0.3) is 5.69 Å². The van der Waals surface area contributed by atoms with Crippen molar-refractivity contribution in [2.75, 3.05) is 7.05 Å². The third-order valence-electron chi connectivity index (χ3n) is 5.87. The van der Waals surface area contributed by atoms with Crippen molar-refractivity contribution in [2.24, 2.45) is 0 Å². The molecule has 2 aliphatic rings. The molecular formula is C22H24ClN5O. The Bertz CT molecular complexity index is 998. The van der Waals surface area contributed by atoms with E-state index in [0.29, 0.717) is 5.92 Å². The molecule has 3 heterocycles. The van der Waals surface area contributed by atoms with E-state index in [1.807, 2.05) is 18.2 Å². The number of rotatable bonds is 3. The molecule has 0 saturated heterocycles. The molecule has 6 nitrogen and oxygen atoms in total. The zero-order chi connectivity index (χ0) is 19.8. The van der Waals surface area contributed by atoms with Crippen LogP contribution < -0.4 is 4.74 Å². The number of nitrogens with zero attached hydrogens (tertiary/aromatic N) is 5. The molecule has 1 aliphatic carbocycles. The van der Waals surface area contributed by atoms with E-state index in [4.69, 9.17) is 16.3 Å². The average molecular weight is 410 g/mol. The molecule has 0 amide bonds. The molecule has 0 bridgehead atoms. The summed E-state index contributed by atoms with van der Waals surface area (Å²) in [5.41, 5.74) is 2.37. The van der Waals surface area contributed by atoms with E-state index in [2.05, 4.69) is 43.8 Å². The molecule has 1 aromatic carbocycles. The Labute approximate surface area is 175 Å². The quantitative estimate of drug-likeness (QED) is 0.643. The largest absolute Gasteiger partial charge is 0.489 e. The summed E-state index contributed by atoms with van der Waals surface area (Å²) < 4.78 is 8.38. The second-order valence-electron chi connectivity index (χ2n) is 8.04. The van der Waals surface area contributed by atoms with Gasteiger partial charge in [0.05, 0.1) is 24.5 Å². The van der Waals surface area contributed by atoms with Crippen LogP contribution in [-0.4, -0.2) is 37.8 Å². The Morgan fingerprint density at radius 3 is 2.72 bits per heavy atom. The van der Waals surface area contributed by atoms with E-state index in [1.54, 1.807) is 12.4 Å². The molecule has 0 radical (unpaired) electrons. The maximum atomic E-state index is 6.27. The molecule has 150 valence electrons. The van der Waals surface area contributed by atoms with Gasteiger partial charge in [0.25, 0.3) is 0 Å². The first-order valence-corrected chi connectivity index (χ1v) is 10.5. The Hall–Kier alpha value is -2.44. The van der Waals surface area contributed by atoms with Gasteiger partial charge in [0.15, 0.2) is 5.82 Å². The fraction of sp³-hybridized carbons (Fsp3) is 0.409. The highest BCUT2D eigenvalue weighted by Gasteiger charge is 2.30. The zero-order valence-electron chi connectivity index (χ0n) is 16.5. The normalized spacial score (nSPS) is 21.9. The van der Waals surface area contributed by atoms with Crippen LogP contribution in [0.15, 0.2) is 42.7 Å². The predicted octanol–water partition coefficient (Wildman–Crippen LogP) is 4.37. The van der Waals surface area contributed by atoms with Gasteiger partial charge < -0.3 is 4.74 Å². The summed E-state index contributed by atoms with van der Waals surface area (Å²) >= 11 is 6.27. The molecule has 7 heteroatoms. The minimum absolute atomic E-state index is 0.235. The van der Waals surface area contributed by atoms with Gasteiger partial charge in [-0.1, -0.05) is 11.6 Å². The van der Waals surface area contributed by atoms with Crippen molar-refractivity contribution < 1.29 is 4.74 Å². The molecule has 29 heavy (non-hydrogen) atoms. The highest BCUT2D eigenvalue weighted by Crippen LogP contribution is 2.36. The number of hydrogen-bond acceptors (Lipinski definition) is 5. The summed E-state index contributed by atoms with van der Waals surface area (Å²) in [6.45, 7) is 1.63. The molecule has 1 aliphatic heterocycles. The second kappa shape index (κ2) is 7.76. The predicted molar refractivity (Wildman–Crippen MR) is 111 cm³/mol. The molecule has 1 fully saturated rings. The van der Waals surface area contributed by atoms with Gasteiger partial charge in [0.1, 0.15) is 11.6 Å². The fourth-order valence-electron chi connectivity index (χ4n) is 4.49. The van der Waals surface area contributed by atoms with Crippen molar-refractivity contribution >= 4 is 11.6 Å². The van der Waals surface area contributed by atoms with Crippen molar-refractivity contribution in [1.29, 1.82) is 0 Å². The Morgan fingerprint density at radius 2 is 1.93 bits per heavy atom. The number of fused-ring (bicyclic) bond motifs is 3. The smallest absolute Gasteiger partial charge is 0.151 e. The van der Waals surface area contributed by atoms with Crippen LogP contribution in [0.2, 0.25) is 5.02 Å². The molecule has 1 saturated carbocycles.